The largest absolute Gasteiger partial charge is 0.485 e. The minimum atomic E-state index is -0.450. The maximum Gasteiger partial charge on any atom is 0.246 e. The minimum Gasteiger partial charge on any atom is -0.485 e. The predicted molar refractivity (Wildman–Crippen MR) is 191 cm³/mol. The van der Waals surface area contributed by atoms with Crippen molar-refractivity contribution in [2.24, 2.45) is 0 Å². The van der Waals surface area contributed by atoms with Gasteiger partial charge in [0.1, 0.15) is 11.2 Å². The lowest BCUT2D eigenvalue weighted by Gasteiger charge is -2.21. The predicted octanol–water partition coefficient (Wildman–Crippen LogP) is 7.03. The third kappa shape index (κ3) is 8.04. The van der Waals surface area contributed by atoms with Gasteiger partial charge in [-0.3, -0.25) is 23.8 Å². The Bertz CT molecular complexity index is 2000. The van der Waals surface area contributed by atoms with Crippen molar-refractivity contribution in [1.29, 1.82) is 0 Å². The Morgan fingerprint density at radius 2 is 1.83 bits per heavy atom. The molecular formula is C35H31BrCl2N6O4. The Hall–Kier alpha value is -4.71. The number of aryl methyl sites for hydroxylation is 1. The molecule has 5 aromatic rings. The molecule has 0 aliphatic carbocycles. The molecule has 0 aliphatic rings. The molecule has 48 heavy (non-hydrogen) atoms. The lowest BCUT2D eigenvalue weighted by Crippen LogP contribution is -2.37. The summed E-state index contributed by atoms with van der Waals surface area (Å²) in [4.78, 5) is 49.5. The summed E-state index contributed by atoms with van der Waals surface area (Å²) in [5, 5.41) is 3.24. The van der Waals surface area contributed by atoms with E-state index < -0.39 is 11.8 Å². The molecule has 246 valence electrons. The molecule has 0 unspecified atom stereocenters. The molecule has 3 heterocycles. The lowest BCUT2D eigenvalue weighted by molar-refractivity contribution is -0.122. The molecule has 5 rings (SSSR count). The van der Waals surface area contributed by atoms with Gasteiger partial charge < -0.3 is 19.9 Å². The lowest BCUT2D eigenvalue weighted by atomic mass is 10.1. The summed E-state index contributed by atoms with van der Waals surface area (Å²) in [6.45, 7) is 3.56. The normalized spacial score (nSPS) is 11.1. The second kappa shape index (κ2) is 15.5. The molecule has 0 fully saturated rings. The molecule has 0 atom stereocenters. The van der Waals surface area contributed by atoms with Crippen molar-refractivity contribution >= 4 is 80.0 Å². The smallest absolute Gasteiger partial charge is 0.246 e. The van der Waals surface area contributed by atoms with Crippen LogP contribution >= 0.6 is 39.1 Å². The van der Waals surface area contributed by atoms with Crippen LogP contribution in [0.1, 0.15) is 29.3 Å². The number of anilines is 2. The van der Waals surface area contributed by atoms with Gasteiger partial charge in [-0.15, -0.1) is 0 Å². The van der Waals surface area contributed by atoms with Crippen LogP contribution in [0.3, 0.4) is 0 Å². The average Bonchev–Trinajstić information content (AvgIpc) is 3.38. The molecule has 3 amide bonds. The third-order valence-corrected chi connectivity index (χ3v) is 9.21. The monoisotopic (exact) mass is 748 g/mol. The number of carbonyl (C=O) groups excluding carboxylic acids is 3. The number of ether oxygens (including phenoxy) is 1. The number of carbonyl (C=O) groups is 3. The van der Waals surface area contributed by atoms with Gasteiger partial charge in [0.05, 0.1) is 29.5 Å². The number of aromatic nitrogens is 3. The van der Waals surface area contributed by atoms with Gasteiger partial charge in [-0.05, 0) is 82.5 Å². The van der Waals surface area contributed by atoms with Gasteiger partial charge in [-0.1, -0.05) is 41.4 Å². The summed E-state index contributed by atoms with van der Waals surface area (Å²) < 4.78 is 8.76. The number of imidazole rings is 1. The van der Waals surface area contributed by atoms with E-state index in [4.69, 9.17) is 27.9 Å². The van der Waals surface area contributed by atoms with Gasteiger partial charge in [0.15, 0.2) is 11.4 Å². The Kier molecular flexibility index (Phi) is 11.2. The van der Waals surface area contributed by atoms with Crippen LogP contribution in [-0.4, -0.2) is 45.7 Å². The van der Waals surface area contributed by atoms with Crippen molar-refractivity contribution in [2.45, 2.75) is 27.0 Å². The molecule has 0 bridgehead atoms. The minimum absolute atomic E-state index is 0.0382. The van der Waals surface area contributed by atoms with E-state index in [0.717, 1.165) is 27.1 Å². The zero-order chi connectivity index (χ0) is 34.4. The maximum atomic E-state index is 13.0. The topological polar surface area (TPSA) is 109 Å². The Labute approximate surface area is 296 Å². The summed E-state index contributed by atoms with van der Waals surface area (Å²) >= 11 is 16.7. The van der Waals surface area contributed by atoms with Crippen LogP contribution in [0.15, 0.2) is 89.9 Å². The van der Waals surface area contributed by atoms with Crippen molar-refractivity contribution < 1.29 is 19.1 Å². The number of pyridine rings is 2. The van der Waals surface area contributed by atoms with E-state index in [9.17, 15) is 14.4 Å². The molecule has 1 N–H and O–H groups in total. The number of hydrogen-bond acceptors (Lipinski definition) is 6. The van der Waals surface area contributed by atoms with Crippen molar-refractivity contribution in [2.75, 3.05) is 23.4 Å². The average molecular weight is 750 g/mol. The number of fused-ring (bicyclic) bond motifs is 1. The number of nitrogens with one attached hydrogen (secondary N) is 1. The number of halogens is 3. The zero-order valence-electron chi connectivity index (χ0n) is 26.3. The van der Waals surface area contributed by atoms with E-state index in [0.29, 0.717) is 34.2 Å². The highest BCUT2D eigenvalue weighted by Crippen LogP contribution is 2.35. The number of hydrogen-bond donors (Lipinski definition) is 1. The highest BCUT2D eigenvalue weighted by molar-refractivity contribution is 9.10. The molecule has 0 spiro atoms. The fourth-order valence-corrected chi connectivity index (χ4v) is 5.82. The Balaban J connectivity index is 1.17. The number of rotatable bonds is 11. The molecule has 13 heteroatoms. The number of amides is 3. The fraction of sp³-hybridized carbons (Fsp3) is 0.171. The van der Waals surface area contributed by atoms with Crippen molar-refractivity contribution in [3.05, 3.63) is 122 Å². The SMILES string of the molecule is CC(=O)N(Cc1cccnc1)c1ccc(/C=C/C(=O)NCC(=O)N(C)c2ccc(Cl)c(COc3cccn4c(Br)c(C)nc34)c2Cl)cc1. The van der Waals surface area contributed by atoms with E-state index in [-0.39, 0.29) is 24.1 Å². The van der Waals surface area contributed by atoms with Crippen LogP contribution in [0.4, 0.5) is 11.4 Å². The van der Waals surface area contributed by atoms with E-state index in [1.54, 1.807) is 72.9 Å². The first kappa shape index (κ1) is 34.6. The summed E-state index contributed by atoms with van der Waals surface area (Å²) in [6.07, 6.45) is 8.23. The summed E-state index contributed by atoms with van der Waals surface area (Å²) in [6, 6.07) is 17.9. The van der Waals surface area contributed by atoms with Crippen LogP contribution in [-0.2, 0) is 27.5 Å². The first-order valence-electron chi connectivity index (χ1n) is 14.8. The van der Waals surface area contributed by atoms with Crippen LogP contribution in [0, 0.1) is 6.92 Å². The first-order chi connectivity index (χ1) is 23.0. The van der Waals surface area contributed by atoms with Gasteiger partial charge in [0.25, 0.3) is 0 Å². The summed E-state index contributed by atoms with van der Waals surface area (Å²) in [5.41, 5.74) is 4.74. The van der Waals surface area contributed by atoms with Crippen LogP contribution in [0.5, 0.6) is 5.75 Å². The zero-order valence-corrected chi connectivity index (χ0v) is 29.4. The Morgan fingerprint density at radius 1 is 1.06 bits per heavy atom. The first-order valence-corrected chi connectivity index (χ1v) is 16.3. The van der Waals surface area contributed by atoms with Crippen molar-refractivity contribution in [3.63, 3.8) is 0 Å². The molecule has 0 aliphatic heterocycles. The molecule has 0 saturated carbocycles. The quantitative estimate of drug-likeness (QED) is 0.145. The standard InChI is InChI=1S/C35H31BrCl2N6O4/c1-22-34(36)43-17-5-7-30(35(43)41-22)48-21-27-28(37)13-14-29(33(27)38)42(3)32(47)19-40-31(46)15-10-24-8-11-26(12-9-24)44(23(2)45)20-25-6-4-16-39-18-25/h4-18H,19-21H2,1-3H3,(H,40,46)/b15-10+. The highest BCUT2D eigenvalue weighted by atomic mass is 79.9. The molecule has 3 aromatic heterocycles. The Morgan fingerprint density at radius 3 is 2.54 bits per heavy atom. The summed E-state index contributed by atoms with van der Waals surface area (Å²) in [5.74, 6) is -0.405. The van der Waals surface area contributed by atoms with E-state index in [1.807, 2.05) is 35.7 Å². The second-order valence-corrected chi connectivity index (χ2v) is 12.3. The van der Waals surface area contributed by atoms with Crippen molar-refractivity contribution in [3.8, 4) is 5.75 Å². The maximum absolute atomic E-state index is 13.0. The fourth-order valence-electron chi connectivity index (χ4n) is 4.84. The molecule has 0 radical (unpaired) electrons. The third-order valence-electron chi connectivity index (χ3n) is 7.48. The van der Waals surface area contributed by atoms with Crippen LogP contribution < -0.4 is 19.9 Å². The number of nitrogens with zero attached hydrogens (tertiary/aromatic N) is 5. The number of likely N-dealkylation sites (N-methyl/N-ethyl adjacent to an activating group) is 1. The molecule has 2 aromatic carbocycles. The molecule has 0 saturated heterocycles. The number of benzene rings is 2. The van der Waals surface area contributed by atoms with Crippen LogP contribution in [0.2, 0.25) is 10.0 Å². The van der Waals surface area contributed by atoms with Crippen molar-refractivity contribution in [1.82, 2.24) is 19.7 Å². The highest BCUT2D eigenvalue weighted by Gasteiger charge is 2.20. The van der Waals surface area contributed by atoms with Crippen LogP contribution in [0.25, 0.3) is 11.7 Å². The second-order valence-electron chi connectivity index (χ2n) is 10.8. The van der Waals surface area contributed by atoms with Gasteiger partial charge in [-0.25, -0.2) is 4.98 Å². The van der Waals surface area contributed by atoms with E-state index >= 15 is 0 Å². The van der Waals surface area contributed by atoms with E-state index in [2.05, 4.69) is 31.2 Å². The van der Waals surface area contributed by atoms with E-state index in [1.165, 1.54) is 17.9 Å². The molecule has 10 nitrogen and oxygen atoms in total. The van der Waals surface area contributed by atoms with Gasteiger partial charge in [0, 0.05) is 54.9 Å². The van der Waals surface area contributed by atoms with Gasteiger partial charge in [-0.2, -0.15) is 0 Å². The van der Waals surface area contributed by atoms with Gasteiger partial charge >= 0.3 is 0 Å². The summed E-state index contributed by atoms with van der Waals surface area (Å²) in [7, 11) is 1.57. The molecular weight excluding hydrogens is 719 g/mol. The van der Waals surface area contributed by atoms with Gasteiger partial charge in [0.2, 0.25) is 17.7 Å².